The van der Waals surface area contributed by atoms with Gasteiger partial charge in [0.1, 0.15) is 0 Å². The van der Waals surface area contributed by atoms with Crippen LogP contribution in [-0.4, -0.2) is 76.5 Å². The Morgan fingerprint density at radius 2 is 2.04 bits per heavy atom. The molecule has 2 heterocycles. The number of sulfonamides is 1. The van der Waals surface area contributed by atoms with Gasteiger partial charge >= 0.3 is 0 Å². The number of amides is 1. The lowest BCUT2D eigenvalue weighted by Crippen LogP contribution is -2.45. The maximum atomic E-state index is 12.8. The summed E-state index contributed by atoms with van der Waals surface area (Å²) in [6.45, 7) is 4.73. The first-order valence-corrected chi connectivity index (χ1v) is 10.7. The summed E-state index contributed by atoms with van der Waals surface area (Å²) in [6, 6.07) is 6.28. The first-order valence-electron chi connectivity index (χ1n) is 9.27. The number of rotatable bonds is 4. The zero-order valence-electron chi connectivity index (χ0n) is 15.3. The van der Waals surface area contributed by atoms with Crippen molar-refractivity contribution in [1.29, 1.82) is 0 Å². The van der Waals surface area contributed by atoms with Crippen LogP contribution < -0.4 is 10.0 Å². The lowest BCUT2D eigenvalue weighted by molar-refractivity contribution is 0.0762. The summed E-state index contributed by atoms with van der Waals surface area (Å²) in [7, 11) is -1.58. The first kappa shape index (κ1) is 19.3. The van der Waals surface area contributed by atoms with Gasteiger partial charge in [-0.2, -0.15) is 0 Å². The number of hydrogen-bond acceptors (Lipinski definition) is 5. The van der Waals surface area contributed by atoms with Crippen molar-refractivity contribution in [2.45, 2.75) is 30.2 Å². The quantitative estimate of drug-likeness (QED) is 0.795. The topological polar surface area (TPSA) is 81.8 Å². The molecule has 1 atom stereocenters. The highest BCUT2D eigenvalue weighted by Crippen LogP contribution is 2.16. The molecule has 144 valence electrons. The van der Waals surface area contributed by atoms with E-state index in [2.05, 4.69) is 14.9 Å². The fourth-order valence-corrected chi connectivity index (χ4v) is 4.78. The average molecular weight is 381 g/mol. The van der Waals surface area contributed by atoms with Crippen molar-refractivity contribution < 1.29 is 13.2 Å². The number of nitrogens with one attached hydrogen (secondary N) is 2. The van der Waals surface area contributed by atoms with Gasteiger partial charge in [0.25, 0.3) is 5.91 Å². The predicted octanol–water partition coefficient (Wildman–Crippen LogP) is 0.495. The summed E-state index contributed by atoms with van der Waals surface area (Å²) in [5, 5.41) is 3.20. The number of nitrogens with zero attached hydrogens (tertiary/aromatic N) is 2. The van der Waals surface area contributed by atoms with E-state index in [0.29, 0.717) is 25.2 Å². The Labute approximate surface area is 155 Å². The minimum Gasteiger partial charge on any atom is -0.337 e. The summed E-state index contributed by atoms with van der Waals surface area (Å²) in [4.78, 5) is 17.0. The van der Waals surface area contributed by atoms with Crippen molar-refractivity contribution >= 4 is 15.9 Å². The van der Waals surface area contributed by atoms with E-state index in [1.54, 1.807) is 18.2 Å². The van der Waals surface area contributed by atoms with Crippen LogP contribution in [0.2, 0.25) is 0 Å². The zero-order valence-corrected chi connectivity index (χ0v) is 16.1. The molecule has 0 spiro atoms. The monoisotopic (exact) mass is 380 g/mol. The minimum atomic E-state index is -3.63. The molecule has 1 amide bonds. The molecule has 0 aromatic heterocycles. The maximum Gasteiger partial charge on any atom is 0.253 e. The summed E-state index contributed by atoms with van der Waals surface area (Å²) in [6.07, 6.45) is 2.71. The van der Waals surface area contributed by atoms with Gasteiger partial charge in [-0.25, -0.2) is 13.1 Å². The number of carbonyl (C=O) groups excluding carboxylic acids is 1. The molecule has 1 aromatic rings. The van der Waals surface area contributed by atoms with Crippen LogP contribution in [0.15, 0.2) is 29.2 Å². The zero-order chi connectivity index (χ0) is 18.6. The minimum absolute atomic E-state index is 0.100. The molecular weight excluding hydrogens is 352 g/mol. The molecule has 0 radical (unpaired) electrons. The van der Waals surface area contributed by atoms with Crippen molar-refractivity contribution in [2.24, 2.45) is 0 Å². The summed E-state index contributed by atoms with van der Waals surface area (Å²) in [5.41, 5.74) is 0.430. The Balaban J connectivity index is 1.73. The van der Waals surface area contributed by atoms with Crippen LogP contribution in [-0.2, 0) is 10.0 Å². The fourth-order valence-electron chi connectivity index (χ4n) is 3.47. The van der Waals surface area contributed by atoms with Crippen molar-refractivity contribution in [3.63, 3.8) is 0 Å². The van der Waals surface area contributed by atoms with Crippen molar-refractivity contribution in [3.05, 3.63) is 29.8 Å². The van der Waals surface area contributed by atoms with Gasteiger partial charge in [-0.3, -0.25) is 4.79 Å². The van der Waals surface area contributed by atoms with E-state index in [-0.39, 0.29) is 16.8 Å². The molecule has 2 saturated heterocycles. The summed E-state index contributed by atoms with van der Waals surface area (Å²) in [5.74, 6) is -0.100. The third-order valence-corrected chi connectivity index (χ3v) is 6.53. The second-order valence-electron chi connectivity index (χ2n) is 7.14. The van der Waals surface area contributed by atoms with Gasteiger partial charge in [-0.05, 0) is 57.6 Å². The van der Waals surface area contributed by atoms with E-state index in [1.165, 1.54) is 6.07 Å². The van der Waals surface area contributed by atoms with Crippen LogP contribution in [0.5, 0.6) is 0 Å². The molecule has 1 unspecified atom stereocenters. The molecule has 2 N–H and O–H groups in total. The maximum absolute atomic E-state index is 12.8. The SMILES string of the molecule is CN1CCCN(C(=O)c2cccc(S(=O)(=O)NC3CCCNC3)c2)CC1. The summed E-state index contributed by atoms with van der Waals surface area (Å²) >= 11 is 0. The predicted molar refractivity (Wildman–Crippen MR) is 101 cm³/mol. The third-order valence-electron chi connectivity index (χ3n) is 5.02. The van der Waals surface area contributed by atoms with E-state index in [9.17, 15) is 13.2 Å². The first-order chi connectivity index (χ1) is 12.5. The lowest BCUT2D eigenvalue weighted by atomic mass is 10.1. The van der Waals surface area contributed by atoms with Gasteiger partial charge in [-0.15, -0.1) is 0 Å². The Kier molecular flexibility index (Phi) is 6.29. The van der Waals surface area contributed by atoms with Crippen molar-refractivity contribution in [1.82, 2.24) is 19.8 Å². The van der Waals surface area contributed by atoms with Crippen molar-refractivity contribution in [3.8, 4) is 0 Å². The number of carbonyl (C=O) groups is 1. The van der Waals surface area contributed by atoms with E-state index >= 15 is 0 Å². The molecule has 2 aliphatic heterocycles. The largest absolute Gasteiger partial charge is 0.337 e. The van der Waals surface area contributed by atoms with Gasteiger partial charge in [-0.1, -0.05) is 6.07 Å². The van der Waals surface area contributed by atoms with Crippen LogP contribution in [0.3, 0.4) is 0 Å². The standard InChI is InChI=1S/C18H28N4O3S/c1-21-9-4-10-22(12-11-21)18(23)15-5-2-7-17(13-15)26(24,25)20-16-6-3-8-19-14-16/h2,5,7,13,16,19-20H,3-4,6,8-12,14H2,1H3. The molecule has 2 fully saturated rings. The molecule has 2 aliphatic rings. The van der Waals surface area contributed by atoms with E-state index in [4.69, 9.17) is 0 Å². The normalized spacial score (nSPS) is 22.8. The van der Waals surface area contributed by atoms with Crippen LogP contribution in [0.25, 0.3) is 0 Å². The third kappa shape index (κ3) is 4.82. The molecule has 0 bridgehead atoms. The Morgan fingerprint density at radius 1 is 1.19 bits per heavy atom. The molecular formula is C18H28N4O3S. The Bertz CT molecular complexity index is 732. The average Bonchev–Trinajstić information content (AvgIpc) is 2.86. The highest BCUT2D eigenvalue weighted by atomic mass is 32.2. The number of likely N-dealkylation sites (N-methyl/N-ethyl adjacent to an activating group) is 1. The van der Waals surface area contributed by atoms with Gasteiger partial charge in [0, 0.05) is 37.8 Å². The van der Waals surface area contributed by atoms with Crippen molar-refractivity contribution in [2.75, 3.05) is 46.3 Å². The molecule has 7 nitrogen and oxygen atoms in total. The van der Waals surface area contributed by atoms with Crippen LogP contribution in [0, 0.1) is 0 Å². The second-order valence-corrected chi connectivity index (χ2v) is 8.86. The summed E-state index contributed by atoms with van der Waals surface area (Å²) < 4.78 is 28.1. The fraction of sp³-hybridized carbons (Fsp3) is 0.611. The lowest BCUT2D eigenvalue weighted by Gasteiger charge is -2.24. The molecule has 3 rings (SSSR count). The van der Waals surface area contributed by atoms with Gasteiger partial charge in [0.15, 0.2) is 0 Å². The van der Waals surface area contributed by atoms with E-state index in [1.807, 2.05) is 11.9 Å². The number of benzene rings is 1. The van der Waals surface area contributed by atoms with Gasteiger partial charge in [0.05, 0.1) is 4.90 Å². The van der Waals surface area contributed by atoms with E-state index < -0.39 is 10.0 Å². The van der Waals surface area contributed by atoms with Crippen LogP contribution >= 0.6 is 0 Å². The highest BCUT2D eigenvalue weighted by molar-refractivity contribution is 7.89. The molecule has 1 aromatic carbocycles. The van der Waals surface area contributed by atoms with Crippen LogP contribution in [0.1, 0.15) is 29.6 Å². The van der Waals surface area contributed by atoms with E-state index in [0.717, 1.165) is 38.9 Å². The molecule has 0 saturated carbocycles. The highest BCUT2D eigenvalue weighted by Gasteiger charge is 2.24. The molecule has 26 heavy (non-hydrogen) atoms. The van der Waals surface area contributed by atoms with Crippen LogP contribution in [0.4, 0.5) is 0 Å². The van der Waals surface area contributed by atoms with Gasteiger partial charge < -0.3 is 15.1 Å². The second kappa shape index (κ2) is 8.47. The molecule has 0 aliphatic carbocycles. The van der Waals surface area contributed by atoms with Gasteiger partial charge in [0.2, 0.25) is 10.0 Å². The Morgan fingerprint density at radius 3 is 2.81 bits per heavy atom. The smallest absolute Gasteiger partial charge is 0.253 e. The number of hydrogen-bond donors (Lipinski definition) is 2. The Hall–Kier alpha value is -1.48. The molecule has 8 heteroatoms. The number of piperidine rings is 1.